The van der Waals surface area contributed by atoms with Crippen LogP contribution in [0.5, 0.6) is 17.2 Å². The molecule has 0 amide bonds. The van der Waals surface area contributed by atoms with Crippen LogP contribution in [-0.4, -0.2) is 39.8 Å². The Hall–Kier alpha value is -1.46. The van der Waals surface area contributed by atoms with Crippen molar-refractivity contribution in [3.8, 4) is 17.2 Å². The Bertz CT molecular complexity index is 501. The van der Waals surface area contributed by atoms with E-state index in [0.29, 0.717) is 26.4 Å². The van der Waals surface area contributed by atoms with E-state index < -0.39 is 0 Å². The molecular formula is C19H30O5. The quantitative estimate of drug-likeness (QED) is 0.541. The van der Waals surface area contributed by atoms with Crippen LogP contribution < -0.4 is 14.2 Å². The first-order valence-corrected chi connectivity index (χ1v) is 8.98. The van der Waals surface area contributed by atoms with Crippen molar-refractivity contribution in [3.05, 3.63) is 17.2 Å². The zero-order valence-electron chi connectivity index (χ0n) is 15.2. The zero-order chi connectivity index (χ0) is 17.2. The molecule has 0 bridgehead atoms. The number of unbranched alkanes of at least 4 members (excludes halogenated alkanes) is 1. The number of rotatable bonds is 12. The van der Waals surface area contributed by atoms with Gasteiger partial charge in [0.1, 0.15) is 6.61 Å². The normalized spacial score (nSPS) is 12.6. The Morgan fingerprint density at radius 3 is 2.46 bits per heavy atom. The lowest BCUT2D eigenvalue weighted by molar-refractivity contribution is 0.0351. The maximum atomic E-state index is 5.94. The van der Waals surface area contributed by atoms with Gasteiger partial charge in [0, 0.05) is 6.61 Å². The van der Waals surface area contributed by atoms with Crippen LogP contribution in [-0.2, 0) is 15.9 Å². The molecule has 0 N–H and O–H groups in total. The summed E-state index contributed by atoms with van der Waals surface area (Å²) in [6.07, 6.45) is 4.34. The van der Waals surface area contributed by atoms with Gasteiger partial charge < -0.3 is 23.7 Å². The van der Waals surface area contributed by atoms with Gasteiger partial charge >= 0.3 is 0 Å². The van der Waals surface area contributed by atoms with Gasteiger partial charge in [-0.1, -0.05) is 26.7 Å². The summed E-state index contributed by atoms with van der Waals surface area (Å²) in [5, 5.41) is 0. The predicted octanol–water partition coefficient (Wildman–Crippen LogP) is 3.89. The van der Waals surface area contributed by atoms with Gasteiger partial charge in [-0.05, 0) is 37.0 Å². The summed E-state index contributed by atoms with van der Waals surface area (Å²) < 4.78 is 28.0. The van der Waals surface area contributed by atoms with E-state index in [9.17, 15) is 0 Å². The zero-order valence-corrected chi connectivity index (χ0v) is 15.2. The van der Waals surface area contributed by atoms with E-state index in [0.717, 1.165) is 55.1 Å². The first-order chi connectivity index (χ1) is 11.8. The van der Waals surface area contributed by atoms with Crippen LogP contribution in [0.15, 0.2) is 6.07 Å². The molecule has 24 heavy (non-hydrogen) atoms. The lowest BCUT2D eigenvalue weighted by atomic mass is 10.0. The Kier molecular flexibility index (Phi) is 8.19. The van der Waals surface area contributed by atoms with Crippen molar-refractivity contribution < 1.29 is 23.7 Å². The summed E-state index contributed by atoms with van der Waals surface area (Å²) in [6, 6.07) is 2.07. The molecule has 0 radical (unpaired) electrons. The maximum Gasteiger partial charge on any atom is 0.231 e. The van der Waals surface area contributed by atoms with Gasteiger partial charge in [-0.15, -0.1) is 0 Å². The fourth-order valence-electron chi connectivity index (χ4n) is 2.63. The topological polar surface area (TPSA) is 46.2 Å². The molecule has 1 heterocycles. The second-order valence-electron chi connectivity index (χ2n) is 5.90. The van der Waals surface area contributed by atoms with Crippen LogP contribution in [0, 0.1) is 6.92 Å². The minimum Gasteiger partial charge on any atom is -0.487 e. The summed E-state index contributed by atoms with van der Waals surface area (Å²) in [4.78, 5) is 0. The van der Waals surface area contributed by atoms with E-state index >= 15 is 0 Å². The van der Waals surface area contributed by atoms with E-state index in [1.54, 1.807) is 0 Å². The molecule has 0 fully saturated rings. The molecule has 0 aromatic heterocycles. The molecule has 5 heteroatoms. The molecule has 1 aliphatic rings. The van der Waals surface area contributed by atoms with Crippen LogP contribution in [0.3, 0.4) is 0 Å². The molecule has 0 saturated heterocycles. The summed E-state index contributed by atoms with van der Waals surface area (Å²) in [7, 11) is 0. The highest BCUT2D eigenvalue weighted by Crippen LogP contribution is 2.45. The summed E-state index contributed by atoms with van der Waals surface area (Å²) >= 11 is 0. The predicted molar refractivity (Wildman–Crippen MR) is 93.3 cm³/mol. The molecule has 0 aliphatic carbocycles. The third kappa shape index (κ3) is 5.28. The van der Waals surface area contributed by atoms with E-state index in [1.807, 2.05) is 0 Å². The Labute approximate surface area is 145 Å². The molecule has 1 aromatic carbocycles. The van der Waals surface area contributed by atoms with Crippen molar-refractivity contribution in [2.75, 3.05) is 39.8 Å². The highest BCUT2D eigenvalue weighted by atomic mass is 16.7. The molecule has 0 saturated carbocycles. The number of benzene rings is 1. The standard InChI is InChI=1S/C19H30O5/c1-4-6-8-20-9-10-21-11-12-22-18-15(3)16(7-5-2)13-17-19(18)24-14-23-17/h13H,4-12,14H2,1-3H3. The third-order valence-electron chi connectivity index (χ3n) is 3.98. The summed E-state index contributed by atoms with van der Waals surface area (Å²) in [5.74, 6) is 2.29. The van der Waals surface area contributed by atoms with Crippen molar-refractivity contribution in [3.63, 3.8) is 0 Å². The highest BCUT2D eigenvalue weighted by Gasteiger charge is 2.23. The Morgan fingerprint density at radius 2 is 1.71 bits per heavy atom. The van der Waals surface area contributed by atoms with Gasteiger partial charge in [-0.3, -0.25) is 0 Å². The van der Waals surface area contributed by atoms with Crippen molar-refractivity contribution in [1.82, 2.24) is 0 Å². The van der Waals surface area contributed by atoms with Gasteiger partial charge in [0.2, 0.25) is 12.5 Å². The second kappa shape index (κ2) is 10.4. The van der Waals surface area contributed by atoms with Gasteiger partial charge in [-0.25, -0.2) is 0 Å². The largest absolute Gasteiger partial charge is 0.487 e. The van der Waals surface area contributed by atoms with Crippen LogP contribution in [0.2, 0.25) is 0 Å². The van der Waals surface area contributed by atoms with E-state index in [1.165, 1.54) is 5.56 Å². The molecular weight excluding hydrogens is 308 g/mol. The maximum absolute atomic E-state index is 5.94. The lowest BCUT2D eigenvalue weighted by Crippen LogP contribution is -2.12. The molecule has 5 nitrogen and oxygen atoms in total. The van der Waals surface area contributed by atoms with Crippen molar-refractivity contribution in [2.45, 2.75) is 46.5 Å². The number of aryl methyl sites for hydroxylation is 1. The van der Waals surface area contributed by atoms with Gasteiger partial charge in [0.15, 0.2) is 11.5 Å². The van der Waals surface area contributed by atoms with Gasteiger partial charge in [0.05, 0.1) is 19.8 Å². The van der Waals surface area contributed by atoms with Crippen LogP contribution in [0.25, 0.3) is 0 Å². The SMILES string of the molecule is CCCCOCCOCCOc1c(C)c(CCC)cc2c1OCO2. The number of fused-ring (bicyclic) bond motifs is 1. The fraction of sp³-hybridized carbons (Fsp3) is 0.684. The van der Waals surface area contributed by atoms with Gasteiger partial charge in [0.25, 0.3) is 0 Å². The highest BCUT2D eigenvalue weighted by molar-refractivity contribution is 5.59. The molecule has 1 aromatic rings. The minimum atomic E-state index is 0.256. The van der Waals surface area contributed by atoms with E-state index in [2.05, 4.69) is 26.8 Å². The lowest BCUT2D eigenvalue weighted by Gasteiger charge is -2.15. The van der Waals surface area contributed by atoms with Crippen molar-refractivity contribution in [1.29, 1.82) is 0 Å². The number of ether oxygens (including phenoxy) is 5. The average molecular weight is 338 g/mol. The average Bonchev–Trinajstić information content (AvgIpc) is 3.04. The number of hydrogen-bond acceptors (Lipinski definition) is 5. The van der Waals surface area contributed by atoms with Crippen molar-refractivity contribution >= 4 is 0 Å². The van der Waals surface area contributed by atoms with Crippen molar-refractivity contribution in [2.24, 2.45) is 0 Å². The van der Waals surface area contributed by atoms with E-state index in [-0.39, 0.29) is 6.79 Å². The first-order valence-electron chi connectivity index (χ1n) is 8.98. The molecule has 1 aliphatic heterocycles. The summed E-state index contributed by atoms with van der Waals surface area (Å²) in [5.41, 5.74) is 2.38. The van der Waals surface area contributed by atoms with Gasteiger partial charge in [-0.2, -0.15) is 0 Å². The Balaban J connectivity index is 1.78. The molecule has 136 valence electrons. The summed E-state index contributed by atoms with van der Waals surface area (Å²) in [6.45, 7) is 9.71. The minimum absolute atomic E-state index is 0.256. The molecule has 0 atom stereocenters. The van der Waals surface area contributed by atoms with Crippen LogP contribution in [0.1, 0.15) is 44.2 Å². The van der Waals surface area contributed by atoms with Crippen LogP contribution >= 0.6 is 0 Å². The van der Waals surface area contributed by atoms with Crippen LogP contribution in [0.4, 0.5) is 0 Å². The number of hydrogen-bond donors (Lipinski definition) is 0. The Morgan fingerprint density at radius 1 is 0.958 bits per heavy atom. The smallest absolute Gasteiger partial charge is 0.231 e. The third-order valence-corrected chi connectivity index (χ3v) is 3.98. The molecule has 0 unspecified atom stereocenters. The fourth-order valence-corrected chi connectivity index (χ4v) is 2.63. The molecule has 0 spiro atoms. The van der Waals surface area contributed by atoms with E-state index in [4.69, 9.17) is 23.7 Å². The second-order valence-corrected chi connectivity index (χ2v) is 5.90. The monoisotopic (exact) mass is 338 g/mol. The molecule has 2 rings (SSSR count). The first kappa shape index (κ1) is 18.9.